The quantitative estimate of drug-likeness (QED) is 0.289. The molecule has 0 N–H and O–H groups in total. The number of rotatable bonds is 0. The second-order valence-electron chi connectivity index (χ2n) is 0.408. The molecule has 0 aromatic heterocycles. The summed E-state index contributed by atoms with van der Waals surface area (Å²) in [6.07, 6.45) is 0. The third-order valence-corrected chi connectivity index (χ3v) is 0. The molecule has 8 heteroatoms. The van der Waals surface area contributed by atoms with Crippen LogP contribution in [0.1, 0.15) is 0 Å². The second kappa shape index (κ2) is 7.97. The number of hydrogen-bond acceptors (Lipinski definition) is 4. The Morgan fingerprint density at radius 2 is 1.12 bits per heavy atom. The normalized spacial score (nSPS) is 7.25. The molecule has 0 aromatic carbocycles. The molecule has 0 unspecified atom stereocenters. The maximum atomic E-state index is 8.52. The Morgan fingerprint density at radius 1 is 1.12 bits per heavy atom. The average molecular weight is 233 g/mol. The summed E-state index contributed by atoms with van der Waals surface area (Å²) in [5.74, 6) is 0. The van der Waals surface area contributed by atoms with Crippen LogP contribution in [-0.2, 0) is 52.4 Å². The predicted octanol–water partition coefficient (Wildman–Crippen LogP) is -1.46. The van der Waals surface area contributed by atoms with Crippen LogP contribution < -0.4 is 0 Å². The van der Waals surface area contributed by atoms with Crippen LogP contribution >= 0.6 is 0 Å². The number of hydrogen-bond donors (Lipinski definition) is 0. The molecule has 0 bridgehead atoms. The maximum Gasteiger partial charge on any atom is 2.00 e. The van der Waals surface area contributed by atoms with Crippen molar-refractivity contribution in [3.8, 4) is 0 Å². The molecule has 0 saturated heterocycles. The van der Waals surface area contributed by atoms with Crippen molar-refractivity contribution in [1.82, 2.24) is 0 Å². The van der Waals surface area contributed by atoms with Gasteiger partial charge in [-0.3, -0.25) is 8.42 Å². The monoisotopic (exact) mass is 232 g/mol. The smallest absolute Gasteiger partial charge is 2.00 e. The minimum Gasteiger partial charge on any atom is -2.00 e. The fourth-order valence-corrected chi connectivity index (χ4v) is 0. The van der Waals surface area contributed by atoms with Gasteiger partial charge >= 0.3 is 36.5 Å². The summed E-state index contributed by atoms with van der Waals surface area (Å²) < 4.78 is 34.1. The summed E-state index contributed by atoms with van der Waals surface area (Å²) in [5.41, 5.74) is 0. The van der Waals surface area contributed by atoms with Crippen molar-refractivity contribution < 1.29 is 59.5 Å². The second-order valence-corrected chi connectivity index (χ2v) is 1.22. The molecule has 5 nitrogen and oxygen atoms in total. The van der Waals surface area contributed by atoms with Crippen LogP contribution in [0.25, 0.3) is 0 Å². The molecule has 46 valence electrons. The molecule has 0 aromatic rings. The van der Waals surface area contributed by atoms with Gasteiger partial charge in [0.05, 0.1) is 0 Å². The van der Waals surface area contributed by atoms with E-state index in [1.54, 1.807) is 0 Å². The van der Waals surface area contributed by atoms with E-state index in [1.807, 2.05) is 0 Å². The van der Waals surface area contributed by atoms with E-state index in [9.17, 15) is 0 Å². The first-order valence-corrected chi connectivity index (χ1v) is 2.00. The molecule has 0 atom stereocenters. The van der Waals surface area contributed by atoms with Crippen molar-refractivity contribution in [2.75, 3.05) is 0 Å². The van der Waals surface area contributed by atoms with E-state index < -0.39 is 10.4 Å². The van der Waals surface area contributed by atoms with E-state index in [-0.39, 0.29) is 42.0 Å². The van der Waals surface area contributed by atoms with E-state index in [0.29, 0.717) is 0 Å². The summed E-state index contributed by atoms with van der Waals surface area (Å²) in [6, 6.07) is 0. The molecule has 0 aliphatic rings. The van der Waals surface area contributed by atoms with E-state index in [1.165, 1.54) is 0 Å². The van der Waals surface area contributed by atoms with E-state index >= 15 is 0 Å². The summed E-state index contributed by atoms with van der Waals surface area (Å²) in [5, 5.41) is 0. The first-order valence-electron chi connectivity index (χ1n) is 0.667. The van der Waals surface area contributed by atoms with Gasteiger partial charge in [0.15, 0.2) is 0 Å². The van der Waals surface area contributed by atoms with Crippen molar-refractivity contribution >= 4 is 10.4 Å². The van der Waals surface area contributed by atoms with Crippen LogP contribution in [0.5, 0.6) is 0 Å². The minimum absolute atomic E-state index is 0. The molecule has 0 radical (unpaired) electrons. The van der Waals surface area contributed by atoms with Gasteiger partial charge in [-0.05, 0) is 0 Å². The largest absolute Gasteiger partial charge is 2.00 e. The van der Waals surface area contributed by atoms with Crippen molar-refractivity contribution in [2.24, 2.45) is 0 Å². The topological polar surface area (TPSA) is 109 Å². The fraction of sp³-hybridized carbons (Fsp3) is 0. The van der Waals surface area contributed by atoms with Gasteiger partial charge in [-0.2, -0.15) is 0 Å². The average Bonchev–Trinajstić information content (AvgIpc) is 0.722. The molecule has 0 saturated carbocycles. The molecule has 0 spiro atoms. The molecular formula is FeO5SZn. The third-order valence-electron chi connectivity index (χ3n) is 0. The van der Waals surface area contributed by atoms with Gasteiger partial charge in [-0.1, -0.05) is 0 Å². The first-order chi connectivity index (χ1) is 2.00. The Labute approximate surface area is 70.0 Å². The standard InChI is InChI=1S/Fe.H2O4S.O.Zn/c;1-5(2,3)4;;/h;(H2,1,2,3,4);;/q+2;;-2;+2/p-2. The molecule has 0 rings (SSSR count). The van der Waals surface area contributed by atoms with Crippen LogP contribution in [0.3, 0.4) is 0 Å². The molecule has 0 heterocycles. The van der Waals surface area contributed by atoms with Crippen molar-refractivity contribution in [3.63, 3.8) is 0 Å². The van der Waals surface area contributed by atoms with Crippen LogP contribution in [0, 0.1) is 0 Å². The first kappa shape index (κ1) is 23.1. The minimum atomic E-state index is -5.17. The Morgan fingerprint density at radius 3 is 1.12 bits per heavy atom. The van der Waals surface area contributed by atoms with E-state index in [0.717, 1.165) is 0 Å². The summed E-state index contributed by atoms with van der Waals surface area (Å²) >= 11 is 0. The molecule has 0 aliphatic heterocycles. The van der Waals surface area contributed by atoms with Gasteiger partial charge in [0.1, 0.15) is 0 Å². The fourth-order valence-electron chi connectivity index (χ4n) is 0. The van der Waals surface area contributed by atoms with Crippen LogP contribution in [0.2, 0.25) is 0 Å². The SMILES string of the molecule is O=S(=O)([O-])[O-].[Fe+2].[O-2].[Zn+2]. The van der Waals surface area contributed by atoms with Crippen LogP contribution in [0.4, 0.5) is 0 Å². The molecular weight excluding hydrogens is 233 g/mol. The van der Waals surface area contributed by atoms with E-state index in [4.69, 9.17) is 17.5 Å². The van der Waals surface area contributed by atoms with Crippen molar-refractivity contribution in [3.05, 3.63) is 0 Å². The third kappa shape index (κ3) is 263. The van der Waals surface area contributed by atoms with Gasteiger partial charge in [0.2, 0.25) is 0 Å². The molecule has 0 fully saturated rings. The van der Waals surface area contributed by atoms with Gasteiger partial charge in [-0.15, -0.1) is 0 Å². The van der Waals surface area contributed by atoms with Crippen molar-refractivity contribution in [1.29, 1.82) is 0 Å². The molecule has 0 amide bonds. The molecule has 0 aliphatic carbocycles. The zero-order valence-electron chi connectivity index (χ0n) is 3.51. The van der Waals surface area contributed by atoms with Gasteiger partial charge in [0.25, 0.3) is 0 Å². The zero-order valence-corrected chi connectivity index (χ0v) is 8.40. The van der Waals surface area contributed by atoms with Gasteiger partial charge < -0.3 is 14.6 Å². The Balaban J connectivity index is -0.0000000267. The van der Waals surface area contributed by atoms with Crippen LogP contribution in [-0.4, -0.2) is 17.5 Å². The summed E-state index contributed by atoms with van der Waals surface area (Å²) in [4.78, 5) is 0. The van der Waals surface area contributed by atoms with Gasteiger partial charge in [0, 0.05) is 10.4 Å². The Bertz CT molecular complexity index is 95.6. The summed E-state index contributed by atoms with van der Waals surface area (Å²) in [6.45, 7) is 0. The van der Waals surface area contributed by atoms with Gasteiger partial charge in [-0.25, -0.2) is 0 Å². The van der Waals surface area contributed by atoms with Crippen LogP contribution in [0.15, 0.2) is 0 Å². The van der Waals surface area contributed by atoms with E-state index in [2.05, 4.69) is 0 Å². The molecule has 8 heavy (non-hydrogen) atoms. The maximum absolute atomic E-state index is 8.52. The Hall–Kier alpha value is 0.973. The zero-order chi connectivity index (χ0) is 4.50. The predicted molar refractivity (Wildman–Crippen MR) is 11.2 cm³/mol. The summed E-state index contributed by atoms with van der Waals surface area (Å²) in [7, 11) is -5.17. The van der Waals surface area contributed by atoms with Crippen molar-refractivity contribution in [2.45, 2.75) is 0 Å². The Kier molecular flexibility index (Phi) is 23.0.